The number of likely N-dealkylation sites (tertiary alicyclic amines) is 1. The van der Waals surface area contributed by atoms with E-state index in [1.165, 1.54) is 31.5 Å². The summed E-state index contributed by atoms with van der Waals surface area (Å²) in [6, 6.07) is 5.40. The van der Waals surface area contributed by atoms with Gasteiger partial charge in [-0.1, -0.05) is 11.6 Å². The molecule has 7 heteroatoms. The zero-order valence-electron chi connectivity index (χ0n) is 13.0. The Morgan fingerprint density at radius 1 is 1.26 bits per heavy atom. The van der Waals surface area contributed by atoms with Crippen LogP contribution in [-0.4, -0.2) is 35.5 Å². The van der Waals surface area contributed by atoms with Gasteiger partial charge in [0.05, 0.1) is 9.95 Å². The number of halogens is 2. The van der Waals surface area contributed by atoms with Crippen LogP contribution < -0.4 is 5.32 Å². The second-order valence-electron chi connectivity index (χ2n) is 6.43. The summed E-state index contributed by atoms with van der Waals surface area (Å²) in [5.41, 5.74) is 1.02. The van der Waals surface area contributed by atoms with Crippen molar-refractivity contribution in [2.45, 2.75) is 38.3 Å². The van der Waals surface area contributed by atoms with Gasteiger partial charge in [-0.3, -0.25) is 15.0 Å². The SMILES string of the molecule is Cl.O=[N+]([O-])c1ccc(CN2CCC(NCC3CC3)CC2)c(Cl)c1. The van der Waals surface area contributed by atoms with Gasteiger partial charge in [-0.05, 0) is 62.9 Å². The largest absolute Gasteiger partial charge is 0.314 e. The Kier molecular flexibility index (Phi) is 6.65. The van der Waals surface area contributed by atoms with Crippen LogP contribution in [0, 0.1) is 16.0 Å². The molecule has 0 bridgehead atoms. The van der Waals surface area contributed by atoms with Crippen LogP contribution in [0.1, 0.15) is 31.2 Å². The monoisotopic (exact) mass is 359 g/mol. The summed E-state index contributed by atoms with van der Waals surface area (Å²) in [5, 5.41) is 14.9. The molecule has 1 heterocycles. The molecule has 23 heavy (non-hydrogen) atoms. The zero-order chi connectivity index (χ0) is 15.5. The van der Waals surface area contributed by atoms with Crippen molar-refractivity contribution >= 4 is 29.7 Å². The predicted molar refractivity (Wildman–Crippen MR) is 94.4 cm³/mol. The lowest BCUT2D eigenvalue weighted by molar-refractivity contribution is -0.384. The van der Waals surface area contributed by atoms with Crippen LogP contribution >= 0.6 is 24.0 Å². The van der Waals surface area contributed by atoms with Crippen LogP contribution in [0.15, 0.2) is 18.2 Å². The standard InChI is InChI=1S/C16H22ClN3O2.ClH/c17-16-9-15(20(21)22)4-3-13(16)11-19-7-5-14(6-8-19)18-10-12-1-2-12;/h3-4,9,12,14,18H,1-2,5-8,10-11H2;1H. The smallest absolute Gasteiger partial charge is 0.270 e. The van der Waals surface area contributed by atoms with E-state index in [4.69, 9.17) is 11.6 Å². The normalized spacial score (nSPS) is 19.3. The summed E-state index contributed by atoms with van der Waals surface area (Å²) in [6.07, 6.45) is 5.11. The van der Waals surface area contributed by atoms with Crippen molar-refractivity contribution in [1.82, 2.24) is 10.2 Å². The molecule has 1 aliphatic carbocycles. The first-order valence-electron chi connectivity index (χ1n) is 8.00. The number of hydrogen-bond acceptors (Lipinski definition) is 4. The first kappa shape index (κ1) is 18.5. The van der Waals surface area contributed by atoms with Crippen molar-refractivity contribution < 1.29 is 4.92 Å². The van der Waals surface area contributed by atoms with Gasteiger partial charge in [0.2, 0.25) is 0 Å². The summed E-state index contributed by atoms with van der Waals surface area (Å²) in [7, 11) is 0. The maximum Gasteiger partial charge on any atom is 0.270 e. The summed E-state index contributed by atoms with van der Waals surface area (Å²) in [4.78, 5) is 12.7. The molecule has 1 aliphatic heterocycles. The van der Waals surface area contributed by atoms with Crippen LogP contribution in [0.4, 0.5) is 5.69 Å². The van der Waals surface area contributed by atoms with Gasteiger partial charge in [-0.15, -0.1) is 12.4 Å². The minimum atomic E-state index is -0.410. The van der Waals surface area contributed by atoms with Crippen LogP contribution in [0.3, 0.4) is 0 Å². The Bertz CT molecular complexity index is 544. The molecule has 0 unspecified atom stereocenters. The van der Waals surface area contributed by atoms with Gasteiger partial charge < -0.3 is 5.32 Å². The minimum Gasteiger partial charge on any atom is -0.314 e. The topological polar surface area (TPSA) is 58.4 Å². The summed E-state index contributed by atoms with van der Waals surface area (Å²) in [6.45, 7) is 4.05. The maximum absolute atomic E-state index is 10.7. The Balaban J connectivity index is 0.00000192. The molecule has 2 fully saturated rings. The average Bonchev–Trinajstić information content (AvgIpc) is 3.32. The van der Waals surface area contributed by atoms with Crippen LogP contribution in [0.5, 0.6) is 0 Å². The summed E-state index contributed by atoms with van der Waals surface area (Å²) >= 11 is 6.17. The molecule has 1 aromatic carbocycles. The molecule has 1 aromatic rings. The Hall–Kier alpha value is -0.880. The third-order valence-electron chi connectivity index (χ3n) is 4.62. The Morgan fingerprint density at radius 2 is 1.96 bits per heavy atom. The van der Waals surface area contributed by atoms with E-state index < -0.39 is 4.92 Å². The van der Waals surface area contributed by atoms with Crippen molar-refractivity contribution in [2.75, 3.05) is 19.6 Å². The highest BCUT2D eigenvalue weighted by Crippen LogP contribution is 2.28. The van der Waals surface area contributed by atoms with Crippen molar-refractivity contribution in [1.29, 1.82) is 0 Å². The number of non-ortho nitro benzene ring substituents is 1. The molecule has 128 valence electrons. The fourth-order valence-electron chi connectivity index (χ4n) is 2.97. The van der Waals surface area contributed by atoms with Gasteiger partial charge in [-0.25, -0.2) is 0 Å². The molecule has 2 aliphatic rings. The van der Waals surface area contributed by atoms with E-state index in [1.54, 1.807) is 6.07 Å². The molecule has 0 aromatic heterocycles. The van der Waals surface area contributed by atoms with Gasteiger partial charge >= 0.3 is 0 Å². The Labute approximate surface area is 147 Å². The van der Waals surface area contributed by atoms with E-state index in [9.17, 15) is 10.1 Å². The lowest BCUT2D eigenvalue weighted by atomic mass is 10.0. The van der Waals surface area contributed by atoms with Crippen molar-refractivity contribution in [3.8, 4) is 0 Å². The highest BCUT2D eigenvalue weighted by Gasteiger charge is 2.24. The number of hydrogen-bond donors (Lipinski definition) is 1. The highest BCUT2D eigenvalue weighted by atomic mass is 35.5. The molecule has 3 rings (SSSR count). The zero-order valence-corrected chi connectivity index (χ0v) is 14.6. The molecule has 0 spiro atoms. The van der Waals surface area contributed by atoms with Crippen LogP contribution in [0.25, 0.3) is 0 Å². The number of nitrogens with zero attached hydrogens (tertiary/aromatic N) is 2. The van der Waals surface area contributed by atoms with Gasteiger partial charge in [0.15, 0.2) is 0 Å². The fraction of sp³-hybridized carbons (Fsp3) is 0.625. The number of piperidine rings is 1. The first-order valence-corrected chi connectivity index (χ1v) is 8.38. The quantitative estimate of drug-likeness (QED) is 0.622. The molecule has 0 atom stereocenters. The van der Waals surface area contributed by atoms with Gasteiger partial charge in [0, 0.05) is 24.7 Å². The molecule has 1 N–H and O–H groups in total. The lowest BCUT2D eigenvalue weighted by Gasteiger charge is -2.32. The van der Waals surface area contributed by atoms with Crippen LogP contribution in [-0.2, 0) is 6.54 Å². The van der Waals surface area contributed by atoms with Crippen LogP contribution in [0.2, 0.25) is 5.02 Å². The number of rotatable bonds is 6. The molecule has 0 amide bonds. The van der Waals surface area contributed by atoms with Gasteiger partial charge in [-0.2, -0.15) is 0 Å². The average molecular weight is 360 g/mol. The molecule has 1 saturated heterocycles. The first-order chi connectivity index (χ1) is 10.6. The van der Waals surface area contributed by atoms with Crippen molar-refractivity contribution in [3.63, 3.8) is 0 Å². The van der Waals surface area contributed by atoms with Gasteiger partial charge in [0.25, 0.3) is 5.69 Å². The van der Waals surface area contributed by atoms with E-state index >= 15 is 0 Å². The second kappa shape index (κ2) is 8.29. The van der Waals surface area contributed by atoms with Crippen molar-refractivity contribution in [3.05, 3.63) is 38.9 Å². The molecular formula is C16H23Cl2N3O2. The molecule has 1 saturated carbocycles. The van der Waals surface area contributed by atoms with E-state index in [0.717, 1.165) is 44.0 Å². The number of nitrogens with one attached hydrogen (secondary N) is 1. The molecular weight excluding hydrogens is 337 g/mol. The lowest BCUT2D eigenvalue weighted by Crippen LogP contribution is -2.42. The van der Waals surface area contributed by atoms with E-state index in [1.807, 2.05) is 0 Å². The second-order valence-corrected chi connectivity index (χ2v) is 6.84. The highest BCUT2D eigenvalue weighted by molar-refractivity contribution is 6.31. The summed E-state index contributed by atoms with van der Waals surface area (Å²) in [5.74, 6) is 0.928. The number of nitro groups is 1. The molecule has 5 nitrogen and oxygen atoms in total. The number of benzene rings is 1. The third-order valence-corrected chi connectivity index (χ3v) is 4.97. The van der Waals surface area contributed by atoms with E-state index in [2.05, 4.69) is 10.2 Å². The fourth-order valence-corrected chi connectivity index (χ4v) is 3.20. The minimum absolute atomic E-state index is 0. The van der Waals surface area contributed by atoms with E-state index in [-0.39, 0.29) is 18.1 Å². The Morgan fingerprint density at radius 3 is 2.52 bits per heavy atom. The molecule has 0 radical (unpaired) electrons. The summed E-state index contributed by atoms with van der Waals surface area (Å²) < 4.78 is 0. The van der Waals surface area contributed by atoms with Crippen molar-refractivity contribution in [2.24, 2.45) is 5.92 Å². The van der Waals surface area contributed by atoms with E-state index in [0.29, 0.717) is 11.1 Å². The van der Waals surface area contributed by atoms with Gasteiger partial charge in [0.1, 0.15) is 0 Å². The maximum atomic E-state index is 10.7. The third kappa shape index (κ3) is 5.31. The number of nitro benzene ring substituents is 1. The predicted octanol–water partition coefficient (Wildman–Crippen LogP) is 3.63.